The quantitative estimate of drug-likeness (QED) is 0.0367. The SMILES string of the molecule is CC(C)O.CCCCCCCCPCCCCCCCC.CCCCCCCCPCCCCCCCC.CCCCCCCCPCCCCCCCC.O.O.O.[Ti]. The minimum atomic E-state index is -0.167. The molecule has 0 spiro atoms. The third-order valence-corrected chi connectivity index (χ3v) is 14.5. The molecular weight excluding hydrogens is 817 g/mol. The second-order valence-corrected chi connectivity index (χ2v) is 21.5. The molecule has 0 aromatic rings. The van der Waals surface area contributed by atoms with Crippen molar-refractivity contribution < 1.29 is 43.3 Å². The number of hydrogen-bond acceptors (Lipinski definition) is 1. The van der Waals surface area contributed by atoms with Crippen LogP contribution < -0.4 is 0 Å². The number of rotatable bonds is 42. The molecule has 4 nitrogen and oxygen atoms in total. The summed E-state index contributed by atoms with van der Waals surface area (Å²) >= 11 is 0. The Labute approximate surface area is 396 Å². The fraction of sp³-hybridized carbons (Fsp3) is 1.00. The van der Waals surface area contributed by atoms with Crippen molar-refractivity contribution in [2.75, 3.05) is 37.0 Å². The molecule has 8 heteroatoms. The number of aliphatic hydroxyl groups excluding tert-OH is 1. The molecule has 7 N–H and O–H groups in total. The van der Waals surface area contributed by atoms with Gasteiger partial charge in [-0.3, -0.25) is 0 Å². The summed E-state index contributed by atoms with van der Waals surface area (Å²) in [5, 5.41) is 8.06. The second-order valence-electron chi connectivity index (χ2n) is 17.0. The molecule has 0 saturated carbocycles. The maximum atomic E-state index is 8.06. The molecule has 0 fully saturated rings. The van der Waals surface area contributed by atoms with Crippen LogP contribution in [-0.4, -0.2) is 64.6 Å². The molecule has 366 valence electrons. The van der Waals surface area contributed by atoms with Gasteiger partial charge in [0.05, 0.1) is 0 Å². The fourth-order valence-corrected chi connectivity index (χ4v) is 10.3. The molecule has 59 heavy (non-hydrogen) atoms. The molecule has 0 saturated heterocycles. The van der Waals surface area contributed by atoms with Crippen molar-refractivity contribution in [3.8, 4) is 0 Å². The van der Waals surface area contributed by atoms with Crippen LogP contribution in [0.3, 0.4) is 0 Å². The van der Waals surface area contributed by atoms with Gasteiger partial charge in [0.1, 0.15) is 0 Å². The molecule has 0 amide bonds. The van der Waals surface area contributed by atoms with E-state index in [-0.39, 0.29) is 44.3 Å². The van der Waals surface area contributed by atoms with Crippen LogP contribution in [0.2, 0.25) is 0 Å². The first kappa shape index (κ1) is 78.0. The van der Waals surface area contributed by atoms with E-state index in [1.54, 1.807) is 13.8 Å². The zero-order chi connectivity index (χ0) is 41.4. The van der Waals surface area contributed by atoms with Crippen LogP contribution >= 0.6 is 25.7 Å². The monoisotopic (exact) mass is 937 g/mol. The van der Waals surface area contributed by atoms with E-state index in [2.05, 4.69) is 41.5 Å². The van der Waals surface area contributed by atoms with E-state index in [4.69, 9.17) is 5.11 Å². The molecule has 0 aromatic carbocycles. The second kappa shape index (κ2) is 83.4. The van der Waals surface area contributed by atoms with Gasteiger partial charge < -0.3 is 21.5 Å². The third-order valence-electron chi connectivity index (χ3n) is 10.2. The first-order valence-corrected chi connectivity index (χ1v) is 30.0. The molecule has 0 aliphatic rings. The van der Waals surface area contributed by atoms with E-state index in [9.17, 15) is 0 Å². The molecule has 0 aliphatic carbocycles. The average molecular weight is 937 g/mol. The van der Waals surface area contributed by atoms with Crippen molar-refractivity contribution in [1.29, 1.82) is 0 Å². The zero-order valence-electron chi connectivity index (χ0n) is 42.2. The minimum Gasteiger partial charge on any atom is -0.412 e. The van der Waals surface area contributed by atoms with Crippen LogP contribution in [0.15, 0.2) is 0 Å². The molecule has 0 rings (SSSR count). The standard InChI is InChI=1S/3C16H35P.C3H8O.3H2O.Ti/c3*1-3-5-7-9-11-13-15-17-16-14-12-10-8-6-4-2;1-3(2)4;;;;/h3*17H,3-16H2,1-2H3;3-4H,1-2H3;3*1H2;. The summed E-state index contributed by atoms with van der Waals surface area (Å²) in [4.78, 5) is 0. The topological polar surface area (TPSA) is 115 Å². The number of hydrogen-bond donors (Lipinski definition) is 1. The molecule has 0 unspecified atom stereocenters. The Morgan fingerprint density at radius 1 is 0.254 bits per heavy atom. The van der Waals surface area contributed by atoms with Crippen molar-refractivity contribution >= 4 is 25.7 Å². The summed E-state index contributed by atoms with van der Waals surface area (Å²) in [5.41, 5.74) is 0. The van der Waals surface area contributed by atoms with Gasteiger partial charge in [0.15, 0.2) is 0 Å². The Morgan fingerprint density at radius 3 is 0.475 bits per heavy atom. The average Bonchev–Trinajstić information content (AvgIpc) is 3.17. The predicted octanol–water partition coefficient (Wildman–Crippen LogP) is 17.1. The van der Waals surface area contributed by atoms with Gasteiger partial charge in [-0.25, -0.2) is 0 Å². The number of aliphatic hydroxyl groups is 1. The fourth-order valence-electron chi connectivity index (χ4n) is 6.56. The van der Waals surface area contributed by atoms with Crippen LogP contribution in [0.5, 0.6) is 0 Å². The first-order valence-electron chi connectivity index (χ1n) is 25.8. The van der Waals surface area contributed by atoms with Crippen LogP contribution in [0, 0.1) is 0 Å². The summed E-state index contributed by atoms with van der Waals surface area (Å²) < 4.78 is 0. The van der Waals surface area contributed by atoms with Crippen molar-refractivity contribution in [2.45, 2.75) is 293 Å². The minimum absolute atomic E-state index is 0. The molecule has 0 heterocycles. The van der Waals surface area contributed by atoms with Gasteiger partial charge in [0.2, 0.25) is 0 Å². The Kier molecular flexibility index (Phi) is 110. The summed E-state index contributed by atoms with van der Waals surface area (Å²) in [6.45, 7) is 17.2. The van der Waals surface area contributed by atoms with E-state index < -0.39 is 0 Å². The molecule has 0 aliphatic heterocycles. The van der Waals surface area contributed by atoms with Crippen molar-refractivity contribution in [1.82, 2.24) is 0 Å². The smallest absolute Gasteiger partial charge is 0.0483 e. The van der Waals surface area contributed by atoms with Gasteiger partial charge in [-0.1, -0.05) is 234 Å². The summed E-state index contributed by atoms with van der Waals surface area (Å²) in [6.07, 6.45) is 61.5. The van der Waals surface area contributed by atoms with Crippen molar-refractivity contribution in [2.24, 2.45) is 0 Å². The Balaban J connectivity index is -0.000000102. The van der Waals surface area contributed by atoms with Crippen LogP contribution in [0.4, 0.5) is 0 Å². The van der Waals surface area contributed by atoms with Crippen molar-refractivity contribution in [3.63, 3.8) is 0 Å². The largest absolute Gasteiger partial charge is 0.412 e. The van der Waals surface area contributed by atoms with Crippen LogP contribution in [0.25, 0.3) is 0 Å². The molecule has 0 aromatic heterocycles. The van der Waals surface area contributed by atoms with Crippen LogP contribution in [0.1, 0.15) is 287 Å². The molecule has 0 radical (unpaired) electrons. The Bertz CT molecular complexity index is 463. The number of unbranched alkanes of at least 4 members (excludes halogenated alkanes) is 30. The van der Waals surface area contributed by atoms with E-state index in [0.29, 0.717) is 0 Å². The maximum Gasteiger partial charge on any atom is 0.0483 e. The van der Waals surface area contributed by atoms with E-state index in [1.165, 1.54) is 294 Å². The summed E-state index contributed by atoms with van der Waals surface area (Å²) in [6, 6.07) is 0. The van der Waals surface area contributed by atoms with Gasteiger partial charge in [-0.2, -0.15) is 0 Å². The first-order chi connectivity index (χ1) is 27.0. The van der Waals surface area contributed by atoms with Gasteiger partial charge >= 0.3 is 0 Å². The van der Waals surface area contributed by atoms with Gasteiger partial charge in [-0.05, 0) is 89.3 Å². The predicted molar refractivity (Wildman–Crippen MR) is 283 cm³/mol. The molecular formula is C51H119O4P3Ti. The molecule has 0 atom stereocenters. The van der Waals surface area contributed by atoms with Gasteiger partial charge in [0.25, 0.3) is 0 Å². The van der Waals surface area contributed by atoms with Crippen molar-refractivity contribution in [3.05, 3.63) is 0 Å². The van der Waals surface area contributed by atoms with Gasteiger partial charge in [-0.15, -0.1) is 25.7 Å². The zero-order valence-corrected chi connectivity index (χ0v) is 46.8. The maximum absolute atomic E-state index is 8.06. The van der Waals surface area contributed by atoms with E-state index >= 15 is 0 Å². The summed E-state index contributed by atoms with van der Waals surface area (Å²) in [5.74, 6) is 0. The van der Waals surface area contributed by atoms with Gasteiger partial charge in [0, 0.05) is 27.8 Å². The van der Waals surface area contributed by atoms with Crippen LogP contribution in [-0.2, 0) is 21.7 Å². The van der Waals surface area contributed by atoms with E-state index in [0.717, 1.165) is 0 Å². The Hall–Kier alpha value is 1.84. The normalized spacial score (nSPS) is 10.1. The van der Waals surface area contributed by atoms with E-state index in [1.807, 2.05) is 0 Å². The summed E-state index contributed by atoms with van der Waals surface area (Å²) in [7, 11) is 3.77. The Morgan fingerprint density at radius 2 is 0.356 bits per heavy atom. The molecule has 0 bridgehead atoms. The third kappa shape index (κ3) is 104.